The van der Waals surface area contributed by atoms with E-state index in [1.165, 1.54) is 24.0 Å². The van der Waals surface area contributed by atoms with Crippen LogP contribution in [0, 0.1) is 12.8 Å². The number of hydrogen-bond acceptors (Lipinski definition) is 3. The van der Waals surface area contributed by atoms with Gasteiger partial charge in [-0.15, -0.1) is 0 Å². The highest BCUT2D eigenvalue weighted by molar-refractivity contribution is 5.70. The van der Waals surface area contributed by atoms with Gasteiger partial charge in [0.2, 0.25) is 0 Å². The molecule has 0 saturated carbocycles. The lowest BCUT2D eigenvalue weighted by Crippen LogP contribution is -2.45. The SMILES string of the molecule is Cc1ccc(CN2C(=O)OCC2C2CCCNC2)cc1. The molecule has 4 nitrogen and oxygen atoms in total. The lowest BCUT2D eigenvalue weighted by atomic mass is 9.91. The Labute approximate surface area is 120 Å². The van der Waals surface area contributed by atoms with Gasteiger partial charge in [0.15, 0.2) is 0 Å². The van der Waals surface area contributed by atoms with E-state index >= 15 is 0 Å². The van der Waals surface area contributed by atoms with Crippen LogP contribution in [-0.4, -0.2) is 36.7 Å². The standard InChI is InChI=1S/C16H22N2O2/c1-12-4-6-13(7-5-12)10-18-15(11-20-16(18)19)14-3-2-8-17-9-14/h4-7,14-15,17H,2-3,8-11H2,1H3. The van der Waals surface area contributed by atoms with E-state index in [4.69, 9.17) is 4.74 Å². The molecule has 0 aromatic heterocycles. The van der Waals surface area contributed by atoms with Gasteiger partial charge in [-0.2, -0.15) is 0 Å². The number of amides is 1. The minimum atomic E-state index is -0.166. The normalized spacial score (nSPS) is 26.6. The first-order chi connectivity index (χ1) is 9.74. The number of cyclic esters (lactones) is 1. The van der Waals surface area contributed by atoms with Crippen LogP contribution in [0.15, 0.2) is 24.3 Å². The number of carbonyl (C=O) groups is 1. The van der Waals surface area contributed by atoms with Crippen LogP contribution in [0.1, 0.15) is 24.0 Å². The van der Waals surface area contributed by atoms with Gasteiger partial charge in [0.1, 0.15) is 6.61 Å². The lowest BCUT2D eigenvalue weighted by molar-refractivity contribution is 0.152. The highest BCUT2D eigenvalue weighted by atomic mass is 16.6. The van der Waals surface area contributed by atoms with Crippen LogP contribution in [-0.2, 0) is 11.3 Å². The summed E-state index contributed by atoms with van der Waals surface area (Å²) in [5.74, 6) is 0.514. The van der Waals surface area contributed by atoms with Crippen molar-refractivity contribution in [1.82, 2.24) is 10.2 Å². The molecule has 0 aliphatic carbocycles. The molecule has 0 radical (unpaired) electrons. The van der Waals surface area contributed by atoms with Gasteiger partial charge in [-0.25, -0.2) is 4.79 Å². The molecular formula is C16H22N2O2. The van der Waals surface area contributed by atoms with Crippen LogP contribution in [0.25, 0.3) is 0 Å². The molecule has 108 valence electrons. The summed E-state index contributed by atoms with van der Waals surface area (Å²) < 4.78 is 5.29. The number of piperidine rings is 1. The molecule has 2 saturated heterocycles. The Morgan fingerprint density at radius 2 is 2.15 bits per heavy atom. The van der Waals surface area contributed by atoms with Crippen molar-refractivity contribution in [2.24, 2.45) is 5.92 Å². The molecular weight excluding hydrogens is 252 g/mol. The molecule has 2 unspecified atom stereocenters. The molecule has 0 spiro atoms. The molecule has 1 N–H and O–H groups in total. The summed E-state index contributed by atoms with van der Waals surface area (Å²) in [5, 5.41) is 3.42. The Morgan fingerprint density at radius 3 is 2.85 bits per heavy atom. The van der Waals surface area contributed by atoms with Crippen LogP contribution in [0.5, 0.6) is 0 Å². The largest absolute Gasteiger partial charge is 0.447 e. The number of benzene rings is 1. The van der Waals surface area contributed by atoms with Crippen LogP contribution in [0.3, 0.4) is 0 Å². The lowest BCUT2D eigenvalue weighted by Gasteiger charge is -2.32. The smallest absolute Gasteiger partial charge is 0.410 e. The first kappa shape index (κ1) is 13.4. The highest BCUT2D eigenvalue weighted by Crippen LogP contribution is 2.26. The van der Waals surface area contributed by atoms with Gasteiger partial charge in [-0.3, -0.25) is 4.90 Å². The van der Waals surface area contributed by atoms with E-state index in [0.29, 0.717) is 19.1 Å². The van der Waals surface area contributed by atoms with Crippen LogP contribution < -0.4 is 5.32 Å². The Kier molecular flexibility index (Phi) is 3.92. The number of carbonyl (C=O) groups excluding carboxylic acids is 1. The summed E-state index contributed by atoms with van der Waals surface area (Å²) in [6, 6.07) is 8.59. The van der Waals surface area contributed by atoms with Crippen molar-refractivity contribution in [3.63, 3.8) is 0 Å². The molecule has 2 fully saturated rings. The predicted octanol–water partition coefficient (Wildman–Crippen LogP) is 2.32. The van der Waals surface area contributed by atoms with Crippen molar-refractivity contribution in [3.05, 3.63) is 35.4 Å². The van der Waals surface area contributed by atoms with E-state index in [0.717, 1.165) is 13.1 Å². The average molecular weight is 274 g/mol. The zero-order valence-corrected chi connectivity index (χ0v) is 12.0. The number of ether oxygens (including phenoxy) is 1. The summed E-state index contributed by atoms with van der Waals surface area (Å²) in [6.45, 7) is 5.35. The van der Waals surface area contributed by atoms with Crippen molar-refractivity contribution < 1.29 is 9.53 Å². The molecule has 2 aliphatic rings. The molecule has 2 aliphatic heterocycles. The fourth-order valence-electron chi connectivity index (χ4n) is 3.13. The topological polar surface area (TPSA) is 41.6 Å². The van der Waals surface area contributed by atoms with E-state index in [1.54, 1.807) is 0 Å². The molecule has 1 aromatic carbocycles. The molecule has 2 heterocycles. The van der Waals surface area contributed by atoms with Gasteiger partial charge >= 0.3 is 6.09 Å². The predicted molar refractivity (Wildman–Crippen MR) is 77.5 cm³/mol. The second-order valence-corrected chi connectivity index (χ2v) is 5.86. The third-order valence-corrected chi connectivity index (χ3v) is 4.37. The maximum atomic E-state index is 12.0. The zero-order chi connectivity index (χ0) is 13.9. The van der Waals surface area contributed by atoms with Gasteiger partial charge in [0.25, 0.3) is 0 Å². The third kappa shape index (κ3) is 2.80. The number of nitrogens with zero attached hydrogens (tertiary/aromatic N) is 1. The second-order valence-electron chi connectivity index (χ2n) is 5.86. The Bertz CT molecular complexity index is 466. The van der Waals surface area contributed by atoms with Crippen LogP contribution in [0.4, 0.5) is 4.79 Å². The third-order valence-electron chi connectivity index (χ3n) is 4.37. The zero-order valence-electron chi connectivity index (χ0n) is 12.0. The van der Waals surface area contributed by atoms with Crippen molar-refractivity contribution in [1.29, 1.82) is 0 Å². The van der Waals surface area contributed by atoms with Crippen LogP contribution in [0.2, 0.25) is 0 Å². The molecule has 2 atom stereocenters. The molecule has 0 bridgehead atoms. The number of hydrogen-bond donors (Lipinski definition) is 1. The first-order valence-electron chi connectivity index (χ1n) is 7.44. The average Bonchev–Trinajstić information content (AvgIpc) is 2.84. The summed E-state index contributed by atoms with van der Waals surface area (Å²) in [5.41, 5.74) is 2.41. The van der Waals surface area contributed by atoms with Gasteiger partial charge in [-0.1, -0.05) is 29.8 Å². The Balaban J connectivity index is 1.71. The summed E-state index contributed by atoms with van der Waals surface area (Å²) in [4.78, 5) is 13.9. The van der Waals surface area contributed by atoms with Crippen molar-refractivity contribution in [3.8, 4) is 0 Å². The van der Waals surface area contributed by atoms with E-state index in [9.17, 15) is 4.79 Å². The van der Waals surface area contributed by atoms with Crippen molar-refractivity contribution in [2.75, 3.05) is 19.7 Å². The monoisotopic (exact) mass is 274 g/mol. The molecule has 3 rings (SSSR count). The van der Waals surface area contributed by atoms with Crippen molar-refractivity contribution >= 4 is 6.09 Å². The van der Waals surface area contributed by atoms with Gasteiger partial charge in [0, 0.05) is 13.1 Å². The summed E-state index contributed by atoms with van der Waals surface area (Å²) in [6.07, 6.45) is 2.20. The fourth-order valence-corrected chi connectivity index (χ4v) is 3.13. The number of nitrogens with one attached hydrogen (secondary N) is 1. The van der Waals surface area contributed by atoms with Gasteiger partial charge < -0.3 is 10.1 Å². The van der Waals surface area contributed by atoms with E-state index in [-0.39, 0.29) is 12.1 Å². The van der Waals surface area contributed by atoms with E-state index in [2.05, 4.69) is 36.5 Å². The fraction of sp³-hybridized carbons (Fsp3) is 0.562. The van der Waals surface area contributed by atoms with Gasteiger partial charge in [-0.05, 0) is 37.8 Å². The minimum Gasteiger partial charge on any atom is -0.447 e. The number of rotatable bonds is 3. The second kappa shape index (κ2) is 5.83. The molecule has 4 heteroatoms. The quantitative estimate of drug-likeness (QED) is 0.919. The maximum Gasteiger partial charge on any atom is 0.410 e. The summed E-state index contributed by atoms with van der Waals surface area (Å²) in [7, 11) is 0. The van der Waals surface area contributed by atoms with Gasteiger partial charge in [0.05, 0.1) is 6.04 Å². The molecule has 1 aromatic rings. The molecule has 1 amide bonds. The minimum absolute atomic E-state index is 0.166. The Hall–Kier alpha value is -1.55. The van der Waals surface area contributed by atoms with Crippen LogP contribution >= 0.6 is 0 Å². The van der Waals surface area contributed by atoms with E-state index < -0.39 is 0 Å². The number of aryl methyl sites for hydroxylation is 1. The first-order valence-corrected chi connectivity index (χ1v) is 7.44. The summed E-state index contributed by atoms with van der Waals surface area (Å²) >= 11 is 0. The van der Waals surface area contributed by atoms with E-state index in [1.807, 2.05) is 4.90 Å². The molecule has 20 heavy (non-hydrogen) atoms. The Morgan fingerprint density at radius 1 is 1.35 bits per heavy atom. The maximum absolute atomic E-state index is 12.0. The highest BCUT2D eigenvalue weighted by Gasteiger charge is 2.38. The van der Waals surface area contributed by atoms with Crippen molar-refractivity contribution in [2.45, 2.75) is 32.4 Å².